The van der Waals surface area contributed by atoms with Gasteiger partial charge < -0.3 is 10.2 Å². The van der Waals surface area contributed by atoms with Crippen molar-refractivity contribution in [3.05, 3.63) is 35.4 Å². The highest BCUT2D eigenvalue weighted by molar-refractivity contribution is 5.21. The summed E-state index contributed by atoms with van der Waals surface area (Å²) in [5, 5.41) is 3.30. The summed E-state index contributed by atoms with van der Waals surface area (Å²) >= 11 is 0. The van der Waals surface area contributed by atoms with Gasteiger partial charge >= 0.3 is 0 Å². The standard InChI is InChI=1S/C15H24F2N2/c1-4-18-15(7-8-19(5-2)6-3)12-9-13(16)11-14(17)10-12/h9-11,15,18H,4-8H2,1-3H3. The Morgan fingerprint density at radius 1 is 1.05 bits per heavy atom. The molecule has 0 saturated heterocycles. The van der Waals surface area contributed by atoms with Crippen LogP contribution in [0.3, 0.4) is 0 Å². The average molecular weight is 270 g/mol. The van der Waals surface area contributed by atoms with E-state index in [0.29, 0.717) is 5.56 Å². The molecule has 1 rings (SSSR count). The Kier molecular flexibility index (Phi) is 6.95. The van der Waals surface area contributed by atoms with Gasteiger partial charge in [0.15, 0.2) is 0 Å². The van der Waals surface area contributed by atoms with E-state index in [1.165, 1.54) is 12.1 Å². The van der Waals surface area contributed by atoms with Gasteiger partial charge in [0.2, 0.25) is 0 Å². The number of nitrogens with one attached hydrogen (secondary N) is 1. The molecule has 1 N–H and O–H groups in total. The van der Waals surface area contributed by atoms with E-state index < -0.39 is 11.6 Å². The molecule has 108 valence electrons. The van der Waals surface area contributed by atoms with Crippen LogP contribution in [0.5, 0.6) is 0 Å². The Hall–Kier alpha value is -1.00. The molecule has 0 heterocycles. The summed E-state index contributed by atoms with van der Waals surface area (Å²) < 4.78 is 26.6. The van der Waals surface area contributed by atoms with Gasteiger partial charge in [-0.2, -0.15) is 0 Å². The molecule has 0 spiro atoms. The second kappa shape index (κ2) is 8.23. The second-order valence-corrected chi connectivity index (χ2v) is 4.63. The molecule has 0 radical (unpaired) electrons. The smallest absolute Gasteiger partial charge is 0.126 e. The topological polar surface area (TPSA) is 15.3 Å². The van der Waals surface area contributed by atoms with Gasteiger partial charge in [-0.15, -0.1) is 0 Å². The van der Waals surface area contributed by atoms with Crippen LogP contribution >= 0.6 is 0 Å². The lowest BCUT2D eigenvalue weighted by Crippen LogP contribution is -2.29. The molecule has 4 heteroatoms. The van der Waals surface area contributed by atoms with Gasteiger partial charge in [0.1, 0.15) is 11.6 Å². The SMILES string of the molecule is CCNC(CCN(CC)CC)c1cc(F)cc(F)c1. The Morgan fingerprint density at radius 2 is 1.63 bits per heavy atom. The summed E-state index contributed by atoms with van der Waals surface area (Å²) in [7, 11) is 0. The highest BCUT2D eigenvalue weighted by Gasteiger charge is 2.13. The number of halogens is 2. The minimum Gasteiger partial charge on any atom is -0.310 e. The molecule has 19 heavy (non-hydrogen) atoms. The maximum Gasteiger partial charge on any atom is 0.126 e. The zero-order valence-electron chi connectivity index (χ0n) is 12.0. The van der Waals surface area contributed by atoms with E-state index in [9.17, 15) is 8.78 Å². The van der Waals surface area contributed by atoms with Gasteiger partial charge in [0.25, 0.3) is 0 Å². The summed E-state index contributed by atoms with van der Waals surface area (Å²) in [5.74, 6) is -1.03. The summed E-state index contributed by atoms with van der Waals surface area (Å²) in [6.07, 6.45) is 0.846. The Balaban J connectivity index is 2.75. The molecule has 1 aromatic carbocycles. The molecule has 0 amide bonds. The molecule has 0 aliphatic heterocycles. The Bertz CT molecular complexity index is 358. The molecule has 1 atom stereocenters. The number of rotatable bonds is 8. The third-order valence-electron chi connectivity index (χ3n) is 3.37. The lowest BCUT2D eigenvalue weighted by molar-refractivity contribution is 0.282. The number of nitrogens with zero attached hydrogens (tertiary/aromatic N) is 1. The number of benzene rings is 1. The molecule has 0 saturated carbocycles. The van der Waals surface area contributed by atoms with Crippen LogP contribution in [-0.2, 0) is 0 Å². The van der Waals surface area contributed by atoms with Crippen LogP contribution < -0.4 is 5.32 Å². The van der Waals surface area contributed by atoms with Gasteiger partial charge in [-0.05, 0) is 50.3 Å². The highest BCUT2D eigenvalue weighted by Crippen LogP contribution is 2.19. The molecule has 0 fully saturated rings. The first-order valence-electron chi connectivity index (χ1n) is 7.02. The maximum absolute atomic E-state index is 13.3. The van der Waals surface area contributed by atoms with E-state index in [2.05, 4.69) is 24.1 Å². The predicted molar refractivity (Wildman–Crippen MR) is 75.2 cm³/mol. The van der Waals surface area contributed by atoms with E-state index in [4.69, 9.17) is 0 Å². The van der Waals surface area contributed by atoms with Crippen molar-refractivity contribution in [2.24, 2.45) is 0 Å². The van der Waals surface area contributed by atoms with Gasteiger partial charge in [-0.3, -0.25) is 0 Å². The summed E-state index contributed by atoms with van der Waals surface area (Å²) in [5.41, 5.74) is 0.687. The molecule has 0 bridgehead atoms. The lowest BCUT2D eigenvalue weighted by Gasteiger charge is -2.23. The summed E-state index contributed by atoms with van der Waals surface area (Å²) in [6.45, 7) is 9.92. The molecule has 0 aliphatic rings. The van der Waals surface area contributed by atoms with Crippen molar-refractivity contribution in [2.75, 3.05) is 26.2 Å². The quantitative estimate of drug-likeness (QED) is 0.779. The van der Waals surface area contributed by atoms with Crippen molar-refractivity contribution in [2.45, 2.75) is 33.2 Å². The normalized spacial score (nSPS) is 12.9. The zero-order valence-corrected chi connectivity index (χ0v) is 12.0. The van der Waals surface area contributed by atoms with Crippen LogP contribution in [-0.4, -0.2) is 31.1 Å². The van der Waals surface area contributed by atoms with Gasteiger partial charge in [-0.1, -0.05) is 20.8 Å². The molecular formula is C15H24F2N2. The van der Waals surface area contributed by atoms with Gasteiger partial charge in [-0.25, -0.2) is 8.78 Å². The van der Waals surface area contributed by atoms with Crippen LogP contribution in [0.4, 0.5) is 8.78 Å². The second-order valence-electron chi connectivity index (χ2n) is 4.63. The van der Waals surface area contributed by atoms with Crippen molar-refractivity contribution in [3.8, 4) is 0 Å². The highest BCUT2D eigenvalue weighted by atomic mass is 19.1. The molecular weight excluding hydrogens is 246 g/mol. The molecule has 0 aromatic heterocycles. The Morgan fingerprint density at radius 3 is 2.11 bits per heavy atom. The lowest BCUT2D eigenvalue weighted by atomic mass is 10.0. The minimum atomic E-state index is -0.513. The largest absolute Gasteiger partial charge is 0.310 e. The number of hydrogen-bond acceptors (Lipinski definition) is 2. The van der Waals surface area contributed by atoms with Crippen molar-refractivity contribution in [1.82, 2.24) is 10.2 Å². The maximum atomic E-state index is 13.3. The van der Waals surface area contributed by atoms with E-state index in [-0.39, 0.29) is 6.04 Å². The summed E-state index contributed by atoms with van der Waals surface area (Å²) in [6, 6.07) is 3.74. The first-order valence-corrected chi connectivity index (χ1v) is 7.02. The monoisotopic (exact) mass is 270 g/mol. The van der Waals surface area contributed by atoms with Crippen LogP contribution in [0.2, 0.25) is 0 Å². The summed E-state index contributed by atoms with van der Waals surface area (Å²) in [4.78, 5) is 2.31. The number of hydrogen-bond donors (Lipinski definition) is 1. The molecule has 1 unspecified atom stereocenters. The zero-order chi connectivity index (χ0) is 14.3. The molecule has 2 nitrogen and oxygen atoms in total. The first kappa shape index (κ1) is 16.1. The van der Waals surface area contributed by atoms with Crippen molar-refractivity contribution >= 4 is 0 Å². The first-order chi connectivity index (χ1) is 9.10. The van der Waals surface area contributed by atoms with Crippen LogP contribution in [0, 0.1) is 11.6 Å². The predicted octanol–water partition coefficient (Wildman–Crippen LogP) is 3.35. The van der Waals surface area contributed by atoms with E-state index >= 15 is 0 Å². The van der Waals surface area contributed by atoms with Crippen molar-refractivity contribution in [1.29, 1.82) is 0 Å². The van der Waals surface area contributed by atoms with E-state index in [1.54, 1.807) is 0 Å². The third-order valence-corrected chi connectivity index (χ3v) is 3.37. The fourth-order valence-electron chi connectivity index (χ4n) is 2.26. The van der Waals surface area contributed by atoms with Crippen molar-refractivity contribution < 1.29 is 8.78 Å². The van der Waals surface area contributed by atoms with Gasteiger partial charge in [0.05, 0.1) is 0 Å². The minimum absolute atomic E-state index is 0.00389. The fourth-order valence-corrected chi connectivity index (χ4v) is 2.26. The fraction of sp³-hybridized carbons (Fsp3) is 0.600. The average Bonchev–Trinajstić information content (AvgIpc) is 2.37. The van der Waals surface area contributed by atoms with E-state index in [1.807, 2.05) is 6.92 Å². The third kappa shape index (κ3) is 5.25. The Labute approximate surface area is 114 Å². The van der Waals surface area contributed by atoms with Crippen LogP contribution in [0.15, 0.2) is 18.2 Å². The molecule has 1 aromatic rings. The van der Waals surface area contributed by atoms with Gasteiger partial charge in [0, 0.05) is 12.1 Å². The van der Waals surface area contributed by atoms with Crippen molar-refractivity contribution in [3.63, 3.8) is 0 Å². The van der Waals surface area contributed by atoms with Crippen LogP contribution in [0.25, 0.3) is 0 Å². The van der Waals surface area contributed by atoms with E-state index in [0.717, 1.165) is 38.7 Å². The van der Waals surface area contributed by atoms with Crippen LogP contribution in [0.1, 0.15) is 38.8 Å². The molecule has 0 aliphatic carbocycles.